The molecular formula is C22H22FN3O3. The third-order valence-corrected chi connectivity index (χ3v) is 5.31. The summed E-state index contributed by atoms with van der Waals surface area (Å²) in [6.45, 7) is 3.19. The fourth-order valence-electron chi connectivity index (χ4n) is 3.84. The summed E-state index contributed by atoms with van der Waals surface area (Å²) in [6.07, 6.45) is 0. The maximum atomic E-state index is 13.4. The molecule has 0 bridgehead atoms. The normalized spacial score (nSPS) is 18.1. The van der Waals surface area contributed by atoms with Crippen molar-refractivity contribution in [3.63, 3.8) is 0 Å². The van der Waals surface area contributed by atoms with Gasteiger partial charge in [0.1, 0.15) is 11.5 Å². The fraction of sp³-hybridized carbons (Fsp3) is 0.273. The van der Waals surface area contributed by atoms with Crippen LogP contribution in [0.15, 0.2) is 60.3 Å². The first-order valence-electron chi connectivity index (χ1n) is 9.62. The van der Waals surface area contributed by atoms with Crippen LogP contribution in [0.25, 0.3) is 5.57 Å². The van der Waals surface area contributed by atoms with E-state index in [0.29, 0.717) is 55.2 Å². The first kappa shape index (κ1) is 19.3. The van der Waals surface area contributed by atoms with Crippen LogP contribution in [0.1, 0.15) is 5.56 Å². The SMILES string of the molecule is O=C1C(c2ccc(F)cc2)=C(N2CCN(CCO)CC2)C(=O)N1c1ccccc1. The van der Waals surface area contributed by atoms with Crippen molar-refractivity contribution < 1.29 is 19.1 Å². The average Bonchev–Trinajstić information content (AvgIpc) is 3.00. The highest BCUT2D eigenvalue weighted by Crippen LogP contribution is 2.35. The van der Waals surface area contributed by atoms with Gasteiger partial charge in [0.25, 0.3) is 11.8 Å². The molecule has 2 heterocycles. The van der Waals surface area contributed by atoms with Gasteiger partial charge in [-0.1, -0.05) is 30.3 Å². The molecule has 2 aliphatic heterocycles. The number of nitrogens with zero attached hydrogens (tertiary/aromatic N) is 3. The van der Waals surface area contributed by atoms with Gasteiger partial charge in [-0.3, -0.25) is 14.5 Å². The molecule has 0 radical (unpaired) electrons. The summed E-state index contributed by atoms with van der Waals surface area (Å²) in [5.41, 5.74) is 1.69. The van der Waals surface area contributed by atoms with Gasteiger partial charge >= 0.3 is 0 Å². The van der Waals surface area contributed by atoms with Crippen LogP contribution in [0.5, 0.6) is 0 Å². The van der Waals surface area contributed by atoms with Crippen molar-refractivity contribution in [1.82, 2.24) is 9.80 Å². The topological polar surface area (TPSA) is 64.1 Å². The van der Waals surface area contributed by atoms with Crippen molar-refractivity contribution in [2.24, 2.45) is 0 Å². The number of carbonyl (C=O) groups is 2. The molecule has 1 N–H and O–H groups in total. The molecule has 1 fully saturated rings. The van der Waals surface area contributed by atoms with Gasteiger partial charge in [0.15, 0.2) is 0 Å². The van der Waals surface area contributed by atoms with E-state index < -0.39 is 11.7 Å². The van der Waals surface area contributed by atoms with Gasteiger partial charge in [-0.05, 0) is 29.8 Å². The largest absolute Gasteiger partial charge is 0.395 e. The van der Waals surface area contributed by atoms with Crippen LogP contribution in [0.3, 0.4) is 0 Å². The number of amides is 2. The third kappa shape index (κ3) is 3.66. The third-order valence-electron chi connectivity index (χ3n) is 5.31. The van der Waals surface area contributed by atoms with E-state index >= 15 is 0 Å². The van der Waals surface area contributed by atoms with E-state index in [2.05, 4.69) is 4.90 Å². The number of para-hydroxylation sites is 1. The Balaban J connectivity index is 1.73. The Morgan fingerprint density at radius 2 is 1.52 bits per heavy atom. The molecule has 7 heteroatoms. The van der Waals surface area contributed by atoms with Gasteiger partial charge < -0.3 is 10.0 Å². The maximum absolute atomic E-state index is 13.4. The Hall–Kier alpha value is -3.03. The molecule has 150 valence electrons. The van der Waals surface area contributed by atoms with Gasteiger partial charge in [0.2, 0.25) is 0 Å². The lowest BCUT2D eigenvalue weighted by molar-refractivity contribution is -0.120. The first-order valence-corrected chi connectivity index (χ1v) is 9.62. The monoisotopic (exact) mass is 395 g/mol. The highest BCUT2D eigenvalue weighted by Gasteiger charge is 2.42. The van der Waals surface area contributed by atoms with Gasteiger partial charge in [-0.25, -0.2) is 9.29 Å². The lowest BCUT2D eigenvalue weighted by Gasteiger charge is -2.36. The van der Waals surface area contributed by atoms with Crippen LogP contribution in [-0.2, 0) is 9.59 Å². The molecule has 0 spiro atoms. The molecule has 6 nitrogen and oxygen atoms in total. The van der Waals surface area contributed by atoms with Gasteiger partial charge in [0.05, 0.1) is 17.9 Å². The molecule has 0 atom stereocenters. The number of anilines is 1. The number of carbonyl (C=O) groups excluding carboxylic acids is 2. The minimum absolute atomic E-state index is 0.0860. The van der Waals surface area contributed by atoms with Crippen LogP contribution in [-0.4, -0.2) is 66.1 Å². The van der Waals surface area contributed by atoms with E-state index in [9.17, 15) is 14.0 Å². The predicted octanol–water partition coefficient (Wildman–Crippen LogP) is 1.72. The predicted molar refractivity (Wildman–Crippen MR) is 107 cm³/mol. The Kier molecular flexibility index (Phi) is 5.42. The van der Waals surface area contributed by atoms with Crippen LogP contribution in [0, 0.1) is 5.82 Å². The Morgan fingerprint density at radius 3 is 2.14 bits per heavy atom. The van der Waals surface area contributed by atoms with E-state index in [4.69, 9.17) is 5.11 Å². The number of piperazine rings is 1. The molecule has 29 heavy (non-hydrogen) atoms. The molecule has 0 aromatic heterocycles. The number of benzene rings is 2. The van der Waals surface area contributed by atoms with E-state index in [0.717, 1.165) is 0 Å². The highest BCUT2D eigenvalue weighted by atomic mass is 19.1. The van der Waals surface area contributed by atoms with E-state index in [-0.39, 0.29) is 12.5 Å². The zero-order chi connectivity index (χ0) is 20.4. The number of β-amino-alcohol motifs (C(OH)–C–C–N with tert-alkyl or cyclic N) is 1. The van der Waals surface area contributed by atoms with Gasteiger partial charge in [-0.2, -0.15) is 0 Å². The average molecular weight is 395 g/mol. The summed E-state index contributed by atoms with van der Waals surface area (Å²) >= 11 is 0. The number of halogens is 1. The quantitative estimate of drug-likeness (QED) is 0.781. The summed E-state index contributed by atoms with van der Waals surface area (Å²) in [4.78, 5) is 31.9. The molecule has 2 aromatic carbocycles. The maximum Gasteiger partial charge on any atom is 0.282 e. The van der Waals surface area contributed by atoms with Crippen LogP contribution in [0.4, 0.5) is 10.1 Å². The molecule has 2 aromatic rings. The molecule has 0 unspecified atom stereocenters. The van der Waals surface area contributed by atoms with Gasteiger partial charge in [0, 0.05) is 32.7 Å². The molecule has 0 aliphatic carbocycles. The summed E-state index contributed by atoms with van der Waals surface area (Å²) in [5, 5.41) is 9.15. The minimum atomic E-state index is -0.402. The summed E-state index contributed by atoms with van der Waals surface area (Å²) in [6, 6.07) is 14.5. The molecule has 4 rings (SSSR count). The molecule has 1 saturated heterocycles. The van der Waals surface area contributed by atoms with E-state index in [1.807, 2.05) is 11.0 Å². The number of hydrogen-bond donors (Lipinski definition) is 1. The standard InChI is InChI=1S/C22H22FN3O3/c23-17-8-6-16(7-9-17)19-20(25-12-10-24(11-13-25)14-15-27)22(29)26(21(19)28)18-4-2-1-3-5-18/h1-9,27H,10-15H2. The number of aliphatic hydroxyl groups is 1. The zero-order valence-corrected chi connectivity index (χ0v) is 15.9. The molecule has 2 amide bonds. The molecule has 0 saturated carbocycles. The zero-order valence-electron chi connectivity index (χ0n) is 15.9. The number of aliphatic hydroxyl groups excluding tert-OH is 1. The highest BCUT2D eigenvalue weighted by molar-refractivity contribution is 6.45. The van der Waals surface area contributed by atoms with Crippen molar-refractivity contribution in [3.05, 3.63) is 71.7 Å². The lowest BCUT2D eigenvalue weighted by Crippen LogP contribution is -2.48. The Labute approximate surface area is 168 Å². The second-order valence-corrected chi connectivity index (χ2v) is 7.06. The van der Waals surface area contributed by atoms with Crippen molar-refractivity contribution >= 4 is 23.1 Å². The summed E-state index contributed by atoms with van der Waals surface area (Å²) < 4.78 is 13.4. The smallest absolute Gasteiger partial charge is 0.282 e. The second-order valence-electron chi connectivity index (χ2n) is 7.06. The van der Waals surface area contributed by atoms with Crippen molar-refractivity contribution in [3.8, 4) is 0 Å². The first-order chi connectivity index (χ1) is 14.1. The number of hydrogen-bond acceptors (Lipinski definition) is 5. The Bertz CT molecular complexity index is 936. The fourth-order valence-corrected chi connectivity index (χ4v) is 3.84. The van der Waals surface area contributed by atoms with Crippen LogP contribution < -0.4 is 4.90 Å². The van der Waals surface area contributed by atoms with Gasteiger partial charge in [-0.15, -0.1) is 0 Å². The second kappa shape index (κ2) is 8.14. The van der Waals surface area contributed by atoms with Crippen molar-refractivity contribution in [2.45, 2.75) is 0 Å². The van der Waals surface area contributed by atoms with Crippen molar-refractivity contribution in [2.75, 3.05) is 44.2 Å². The number of rotatable bonds is 5. The summed E-state index contributed by atoms with van der Waals surface area (Å²) in [5.74, 6) is -1.16. The van der Waals surface area contributed by atoms with E-state index in [1.165, 1.54) is 29.2 Å². The Morgan fingerprint density at radius 1 is 0.862 bits per heavy atom. The molecule has 2 aliphatic rings. The van der Waals surface area contributed by atoms with Crippen molar-refractivity contribution in [1.29, 1.82) is 0 Å². The lowest BCUT2D eigenvalue weighted by atomic mass is 10.0. The van der Waals surface area contributed by atoms with Crippen LogP contribution in [0.2, 0.25) is 0 Å². The molecular weight excluding hydrogens is 373 g/mol. The number of imide groups is 1. The summed E-state index contributed by atoms with van der Waals surface area (Å²) in [7, 11) is 0. The van der Waals surface area contributed by atoms with Crippen LogP contribution >= 0.6 is 0 Å². The minimum Gasteiger partial charge on any atom is -0.395 e. The van der Waals surface area contributed by atoms with E-state index in [1.54, 1.807) is 24.3 Å².